The molecule has 0 aliphatic carbocycles. The minimum absolute atomic E-state index is 0.491. The summed E-state index contributed by atoms with van der Waals surface area (Å²) in [5, 5.41) is 4.74. The summed E-state index contributed by atoms with van der Waals surface area (Å²) < 4.78 is 0. The smallest absolute Gasteiger partial charge is 0.0157 e. The lowest BCUT2D eigenvalue weighted by atomic mass is 10.5. The largest absolute Gasteiger partial charge is 0.130 e. The third-order valence-electron chi connectivity index (χ3n) is 1.75. The molecule has 0 aromatic carbocycles. The summed E-state index contributed by atoms with van der Waals surface area (Å²) in [5.41, 5.74) is 0. The van der Waals surface area contributed by atoms with Gasteiger partial charge in [-0.2, -0.15) is 0 Å². The monoisotopic (exact) mass is 196 g/mol. The molecule has 0 amide bonds. The van der Waals surface area contributed by atoms with Gasteiger partial charge in [0.1, 0.15) is 0 Å². The molecule has 0 fully saturated rings. The average Bonchev–Trinajstić information content (AvgIpc) is 2.21. The number of hydrogen-bond acceptors (Lipinski definition) is 0. The fourth-order valence-electron chi connectivity index (χ4n) is 1.15. The number of allylic oxidation sites excluding steroid dienone is 4. The summed E-state index contributed by atoms with van der Waals surface area (Å²) in [6, 6.07) is 0. The minimum atomic E-state index is 0.491. The Kier molecular flexibility index (Phi) is 2.79. The first-order valence-corrected chi connectivity index (χ1v) is 7.46. The van der Waals surface area contributed by atoms with Crippen LogP contribution in [0.25, 0.3) is 0 Å². The highest BCUT2D eigenvalue weighted by molar-refractivity contribution is 8.46. The third-order valence-corrected chi connectivity index (χ3v) is 7.40. The van der Waals surface area contributed by atoms with Crippen LogP contribution in [0.2, 0.25) is 0 Å². The second-order valence-corrected chi connectivity index (χ2v) is 7.91. The molecule has 0 bridgehead atoms. The summed E-state index contributed by atoms with van der Waals surface area (Å²) in [5.74, 6) is 2.50. The Balaban J connectivity index is 2.25. The van der Waals surface area contributed by atoms with Gasteiger partial charge in [0.15, 0.2) is 0 Å². The minimum Gasteiger partial charge on any atom is -0.130 e. The number of rotatable bonds is 0. The first kappa shape index (κ1) is 8.27. The van der Waals surface area contributed by atoms with Crippen molar-refractivity contribution in [3.05, 3.63) is 47.3 Å². The fraction of sp³-hybridized carbons (Fsp3) is 0.200. The highest BCUT2D eigenvalue weighted by Gasteiger charge is 1.99. The van der Waals surface area contributed by atoms with Crippen molar-refractivity contribution in [3.63, 3.8) is 0 Å². The molecule has 0 spiro atoms. The molecule has 0 aromatic heterocycles. The van der Waals surface area contributed by atoms with Crippen molar-refractivity contribution < 1.29 is 0 Å². The van der Waals surface area contributed by atoms with Crippen LogP contribution in [0, 0.1) is 0 Å². The summed E-state index contributed by atoms with van der Waals surface area (Å²) in [4.78, 5) is 0. The van der Waals surface area contributed by atoms with Crippen LogP contribution in [0.15, 0.2) is 47.3 Å². The number of hydrogen-bond donors (Lipinski definition) is 0. The zero-order chi connectivity index (χ0) is 8.23. The molecule has 2 rings (SSSR count). The van der Waals surface area contributed by atoms with Crippen molar-refractivity contribution in [2.75, 3.05) is 11.5 Å². The van der Waals surface area contributed by atoms with Gasteiger partial charge in [-0.15, -0.1) is 18.9 Å². The van der Waals surface area contributed by atoms with Crippen LogP contribution >= 0.6 is 0 Å². The molecule has 12 heavy (non-hydrogen) atoms. The molecule has 2 aliphatic rings. The van der Waals surface area contributed by atoms with Crippen LogP contribution in [0.3, 0.4) is 0 Å². The molecular formula is C10H12S2. The molecule has 0 N–H and O–H groups in total. The van der Waals surface area contributed by atoms with Crippen LogP contribution in [-0.2, 0) is 18.9 Å². The van der Waals surface area contributed by atoms with E-state index in [0.29, 0.717) is 18.9 Å². The zero-order valence-corrected chi connectivity index (χ0v) is 8.48. The predicted molar refractivity (Wildman–Crippen MR) is 61.0 cm³/mol. The van der Waals surface area contributed by atoms with Crippen LogP contribution in [-0.4, -0.2) is 11.5 Å². The van der Waals surface area contributed by atoms with Gasteiger partial charge in [0, 0.05) is 11.5 Å². The maximum Gasteiger partial charge on any atom is 0.0157 e. The predicted octanol–water partition coefficient (Wildman–Crippen LogP) is 2.31. The SMILES string of the molecule is C1=CCS(=S2C=CC=CC2)C=C1. The normalized spacial score (nSPS) is 32.7. The van der Waals surface area contributed by atoms with Crippen LogP contribution in [0.5, 0.6) is 0 Å². The Hall–Kier alpha value is -0.340. The van der Waals surface area contributed by atoms with Gasteiger partial charge < -0.3 is 0 Å². The van der Waals surface area contributed by atoms with Crippen molar-refractivity contribution in [1.29, 1.82) is 0 Å². The van der Waals surface area contributed by atoms with Gasteiger partial charge in [0.05, 0.1) is 0 Å². The van der Waals surface area contributed by atoms with Crippen molar-refractivity contribution in [3.8, 4) is 0 Å². The Morgan fingerprint density at radius 1 is 0.667 bits per heavy atom. The molecular weight excluding hydrogens is 184 g/mol. The van der Waals surface area contributed by atoms with E-state index < -0.39 is 0 Å². The second-order valence-electron chi connectivity index (χ2n) is 2.61. The van der Waals surface area contributed by atoms with E-state index >= 15 is 0 Å². The molecule has 2 heteroatoms. The van der Waals surface area contributed by atoms with Crippen molar-refractivity contribution in [2.45, 2.75) is 0 Å². The lowest BCUT2D eigenvalue weighted by Gasteiger charge is -2.12. The molecule has 0 radical (unpaired) electrons. The molecule has 0 saturated carbocycles. The van der Waals surface area contributed by atoms with E-state index in [2.05, 4.69) is 47.3 Å². The summed E-state index contributed by atoms with van der Waals surface area (Å²) in [7, 11) is 0.983. The van der Waals surface area contributed by atoms with E-state index in [9.17, 15) is 0 Å². The standard InChI is InChI=1S/C10H12S2/c1-3-7-11(8-4-1)12-9-5-2-6-10-12/h1-7,9H,8,10H2. The van der Waals surface area contributed by atoms with Crippen LogP contribution in [0.4, 0.5) is 0 Å². The summed E-state index contributed by atoms with van der Waals surface area (Å²) in [6.07, 6.45) is 13.2. The van der Waals surface area contributed by atoms with Crippen molar-refractivity contribution in [1.82, 2.24) is 0 Å². The Bertz CT molecular complexity index is 285. The van der Waals surface area contributed by atoms with E-state index in [-0.39, 0.29) is 0 Å². The lowest BCUT2D eigenvalue weighted by Crippen LogP contribution is -2.05. The molecule has 0 saturated heterocycles. The molecule has 0 aromatic rings. The Labute approximate surface area is 77.9 Å². The third kappa shape index (κ3) is 1.87. The van der Waals surface area contributed by atoms with Gasteiger partial charge in [-0.05, 0) is 10.8 Å². The maximum absolute atomic E-state index is 2.37. The van der Waals surface area contributed by atoms with Gasteiger partial charge in [0.2, 0.25) is 0 Å². The van der Waals surface area contributed by atoms with Gasteiger partial charge >= 0.3 is 0 Å². The highest BCUT2D eigenvalue weighted by Crippen LogP contribution is 2.08. The van der Waals surface area contributed by atoms with E-state index in [1.807, 2.05) is 0 Å². The first-order chi connectivity index (χ1) is 5.97. The quantitative estimate of drug-likeness (QED) is 0.558. The summed E-state index contributed by atoms with van der Waals surface area (Å²) in [6.45, 7) is 0. The van der Waals surface area contributed by atoms with Gasteiger partial charge in [-0.25, -0.2) is 0 Å². The van der Waals surface area contributed by atoms with Crippen molar-refractivity contribution in [2.24, 2.45) is 0 Å². The molecule has 0 nitrogen and oxygen atoms in total. The van der Waals surface area contributed by atoms with E-state index in [4.69, 9.17) is 0 Å². The van der Waals surface area contributed by atoms with E-state index in [1.165, 1.54) is 11.5 Å². The maximum atomic E-state index is 2.37. The molecule has 2 aliphatic heterocycles. The average molecular weight is 196 g/mol. The topological polar surface area (TPSA) is 0 Å². The van der Waals surface area contributed by atoms with Gasteiger partial charge in [-0.3, -0.25) is 0 Å². The molecule has 2 atom stereocenters. The van der Waals surface area contributed by atoms with Crippen LogP contribution in [0.1, 0.15) is 0 Å². The molecule has 2 heterocycles. The molecule has 2 unspecified atom stereocenters. The first-order valence-electron chi connectivity index (χ1n) is 4.03. The lowest BCUT2D eigenvalue weighted by molar-refractivity contribution is 1.72. The van der Waals surface area contributed by atoms with E-state index in [0.717, 1.165) is 0 Å². The highest BCUT2D eigenvalue weighted by atomic mass is 32.9. The van der Waals surface area contributed by atoms with Crippen molar-refractivity contribution >= 4 is 18.9 Å². The van der Waals surface area contributed by atoms with E-state index in [1.54, 1.807) is 0 Å². The fourth-order valence-corrected chi connectivity index (χ4v) is 5.90. The van der Waals surface area contributed by atoms with Crippen LogP contribution < -0.4 is 0 Å². The van der Waals surface area contributed by atoms with Gasteiger partial charge in [0.25, 0.3) is 0 Å². The van der Waals surface area contributed by atoms with Gasteiger partial charge in [-0.1, -0.05) is 36.5 Å². The zero-order valence-electron chi connectivity index (χ0n) is 6.85. The second kappa shape index (κ2) is 4.06. The summed E-state index contributed by atoms with van der Waals surface area (Å²) >= 11 is 0. The Morgan fingerprint density at radius 3 is 1.50 bits per heavy atom. The Morgan fingerprint density at radius 2 is 1.17 bits per heavy atom. The molecule has 64 valence electrons.